The van der Waals surface area contributed by atoms with Gasteiger partial charge in [0.1, 0.15) is 11.4 Å². The van der Waals surface area contributed by atoms with Gasteiger partial charge in [-0.25, -0.2) is 8.42 Å². The van der Waals surface area contributed by atoms with Crippen LogP contribution in [0.5, 0.6) is 0 Å². The molecule has 0 saturated heterocycles. The van der Waals surface area contributed by atoms with Crippen LogP contribution >= 0.6 is 39.1 Å². The predicted molar refractivity (Wildman–Crippen MR) is 105 cm³/mol. The normalized spacial score (nSPS) is 11.1. The molecule has 1 amide bonds. The quantitative estimate of drug-likeness (QED) is 0.574. The Bertz CT molecular complexity index is 932. The van der Waals surface area contributed by atoms with E-state index in [0.717, 1.165) is 0 Å². The van der Waals surface area contributed by atoms with Crippen molar-refractivity contribution < 1.29 is 22.7 Å². The lowest BCUT2D eigenvalue weighted by molar-refractivity contribution is -0.146. The van der Waals surface area contributed by atoms with Crippen LogP contribution in [-0.2, 0) is 24.3 Å². The number of halogens is 3. The number of rotatable bonds is 7. The summed E-state index contributed by atoms with van der Waals surface area (Å²) in [5.74, 6) is -1.50. The van der Waals surface area contributed by atoms with Crippen molar-refractivity contribution in [2.45, 2.75) is 4.90 Å². The first-order valence-electron chi connectivity index (χ1n) is 7.34. The van der Waals surface area contributed by atoms with Crippen LogP contribution < -0.4 is 10.0 Å². The Kier molecular flexibility index (Phi) is 7.63. The lowest BCUT2D eigenvalue weighted by Crippen LogP contribution is -2.32. The smallest absolute Gasteiger partial charge is 0.321 e. The van der Waals surface area contributed by atoms with Gasteiger partial charge in [-0.15, -0.1) is 0 Å². The van der Waals surface area contributed by atoms with Gasteiger partial charge in [0.15, 0.2) is 6.61 Å². The molecule has 0 spiro atoms. The van der Waals surface area contributed by atoms with E-state index in [1.165, 1.54) is 12.1 Å². The van der Waals surface area contributed by atoms with Crippen LogP contribution in [0, 0.1) is 0 Å². The third-order valence-corrected chi connectivity index (χ3v) is 5.84. The summed E-state index contributed by atoms with van der Waals surface area (Å²) >= 11 is 15.0. The van der Waals surface area contributed by atoms with Crippen molar-refractivity contribution in [3.8, 4) is 0 Å². The number of carbonyl (C=O) groups excluding carboxylic acids is 2. The minimum atomic E-state index is -4.16. The van der Waals surface area contributed by atoms with E-state index in [1.54, 1.807) is 30.3 Å². The van der Waals surface area contributed by atoms with Crippen molar-refractivity contribution in [1.29, 1.82) is 0 Å². The van der Waals surface area contributed by atoms with Crippen molar-refractivity contribution >= 4 is 66.7 Å². The molecule has 0 aliphatic rings. The van der Waals surface area contributed by atoms with Gasteiger partial charge in [0.2, 0.25) is 10.0 Å². The number of amides is 1. The highest BCUT2D eigenvalue weighted by atomic mass is 79.9. The van der Waals surface area contributed by atoms with Crippen LogP contribution in [0.1, 0.15) is 0 Å². The second-order valence-corrected chi connectivity index (χ2v) is 8.53. The molecule has 27 heavy (non-hydrogen) atoms. The number of para-hydroxylation sites is 1. The van der Waals surface area contributed by atoms with Gasteiger partial charge >= 0.3 is 5.97 Å². The van der Waals surface area contributed by atoms with E-state index in [9.17, 15) is 18.0 Å². The predicted octanol–water partition coefficient (Wildman–Crippen LogP) is 3.22. The number of anilines is 1. The minimum absolute atomic E-state index is 0.113. The summed E-state index contributed by atoms with van der Waals surface area (Å²) in [5.41, 5.74) is 0.541. The number of sulfonamides is 1. The van der Waals surface area contributed by atoms with E-state index >= 15 is 0 Å². The molecule has 2 N–H and O–H groups in total. The van der Waals surface area contributed by atoms with Crippen molar-refractivity contribution in [1.82, 2.24) is 4.72 Å². The molecule has 0 bridgehead atoms. The van der Waals surface area contributed by atoms with E-state index in [4.69, 9.17) is 27.9 Å². The molecule has 0 unspecified atom stereocenters. The van der Waals surface area contributed by atoms with Gasteiger partial charge in [0.05, 0.1) is 10.0 Å². The number of ether oxygens (including phenoxy) is 1. The Morgan fingerprint density at radius 2 is 1.67 bits per heavy atom. The maximum absolute atomic E-state index is 12.3. The Morgan fingerprint density at radius 1 is 1.07 bits per heavy atom. The Balaban J connectivity index is 1.88. The third kappa shape index (κ3) is 6.47. The second-order valence-electron chi connectivity index (χ2n) is 5.10. The molecule has 0 aliphatic carbocycles. The average molecular weight is 496 g/mol. The van der Waals surface area contributed by atoms with Gasteiger partial charge < -0.3 is 10.1 Å². The fraction of sp³-hybridized carbons (Fsp3) is 0.125. The van der Waals surface area contributed by atoms with Crippen LogP contribution in [-0.4, -0.2) is 33.4 Å². The van der Waals surface area contributed by atoms with Crippen molar-refractivity contribution in [2.24, 2.45) is 0 Å². The SMILES string of the molecule is O=C(COC(=O)CNS(=O)(=O)c1c(Cl)cc(Br)cc1Cl)Nc1ccccc1. The molecular formula is C16H13BrCl2N2O5S. The largest absolute Gasteiger partial charge is 0.455 e. The summed E-state index contributed by atoms with van der Waals surface area (Å²) in [7, 11) is -4.16. The van der Waals surface area contributed by atoms with Crippen LogP contribution in [0.2, 0.25) is 10.0 Å². The van der Waals surface area contributed by atoms with Crippen LogP contribution in [0.4, 0.5) is 5.69 Å². The first-order chi connectivity index (χ1) is 12.7. The maximum Gasteiger partial charge on any atom is 0.321 e. The lowest BCUT2D eigenvalue weighted by Gasteiger charge is -2.10. The zero-order chi connectivity index (χ0) is 20.0. The fourth-order valence-corrected chi connectivity index (χ4v) is 4.83. The van der Waals surface area contributed by atoms with E-state index in [2.05, 4.69) is 21.2 Å². The lowest BCUT2D eigenvalue weighted by atomic mass is 10.3. The van der Waals surface area contributed by atoms with Gasteiger partial charge in [-0.1, -0.05) is 57.3 Å². The Hall–Kier alpha value is -1.65. The van der Waals surface area contributed by atoms with Crippen molar-refractivity contribution in [3.63, 3.8) is 0 Å². The molecular weight excluding hydrogens is 483 g/mol. The molecule has 2 aromatic rings. The minimum Gasteiger partial charge on any atom is -0.455 e. The van der Waals surface area contributed by atoms with Crippen LogP contribution in [0.15, 0.2) is 51.8 Å². The molecule has 0 radical (unpaired) electrons. The van der Waals surface area contributed by atoms with Crippen molar-refractivity contribution in [2.75, 3.05) is 18.5 Å². The van der Waals surface area contributed by atoms with Crippen LogP contribution in [0.3, 0.4) is 0 Å². The molecule has 2 rings (SSSR count). The summed E-state index contributed by atoms with van der Waals surface area (Å²) in [6, 6.07) is 11.3. The molecule has 0 aliphatic heterocycles. The highest BCUT2D eigenvalue weighted by molar-refractivity contribution is 9.10. The number of benzene rings is 2. The summed E-state index contributed by atoms with van der Waals surface area (Å²) < 4.78 is 31.8. The molecule has 0 aromatic heterocycles. The number of hydrogen-bond donors (Lipinski definition) is 2. The van der Waals surface area contributed by atoms with Gasteiger partial charge in [0.25, 0.3) is 5.91 Å². The molecule has 144 valence electrons. The maximum atomic E-state index is 12.3. The number of nitrogens with one attached hydrogen (secondary N) is 2. The number of carbonyl (C=O) groups is 2. The molecule has 0 saturated carbocycles. The molecule has 7 nitrogen and oxygen atoms in total. The summed E-state index contributed by atoms with van der Waals surface area (Å²) in [6.07, 6.45) is 0. The third-order valence-electron chi connectivity index (χ3n) is 3.06. The summed E-state index contributed by atoms with van der Waals surface area (Å²) in [4.78, 5) is 23.0. The first kappa shape index (κ1) is 21.6. The highest BCUT2D eigenvalue weighted by Gasteiger charge is 2.23. The van der Waals surface area contributed by atoms with E-state index < -0.39 is 35.1 Å². The van der Waals surface area contributed by atoms with Crippen LogP contribution in [0.25, 0.3) is 0 Å². The van der Waals surface area contributed by atoms with Gasteiger partial charge in [-0.05, 0) is 24.3 Å². The highest BCUT2D eigenvalue weighted by Crippen LogP contribution is 2.32. The Labute approximate surface area is 174 Å². The zero-order valence-electron chi connectivity index (χ0n) is 13.5. The van der Waals surface area contributed by atoms with E-state index in [1.807, 2.05) is 4.72 Å². The van der Waals surface area contributed by atoms with E-state index in [-0.39, 0.29) is 14.9 Å². The molecule has 11 heteroatoms. The number of hydrogen-bond acceptors (Lipinski definition) is 5. The first-order valence-corrected chi connectivity index (χ1v) is 10.4. The second kappa shape index (κ2) is 9.52. The zero-order valence-corrected chi connectivity index (χ0v) is 17.5. The topological polar surface area (TPSA) is 102 Å². The Morgan fingerprint density at radius 3 is 2.26 bits per heavy atom. The molecule has 0 fully saturated rings. The fourth-order valence-electron chi connectivity index (χ4n) is 1.93. The van der Waals surface area contributed by atoms with Gasteiger partial charge in [0, 0.05) is 10.2 Å². The molecule has 0 heterocycles. The van der Waals surface area contributed by atoms with Gasteiger partial charge in [-0.3, -0.25) is 9.59 Å². The number of esters is 1. The summed E-state index contributed by atoms with van der Waals surface area (Å²) in [6.45, 7) is -1.25. The van der Waals surface area contributed by atoms with Gasteiger partial charge in [-0.2, -0.15) is 4.72 Å². The monoisotopic (exact) mass is 494 g/mol. The van der Waals surface area contributed by atoms with E-state index in [0.29, 0.717) is 10.2 Å². The molecule has 2 aromatic carbocycles. The summed E-state index contributed by atoms with van der Waals surface area (Å²) in [5, 5.41) is 2.29. The van der Waals surface area contributed by atoms with Crippen molar-refractivity contribution in [3.05, 3.63) is 57.0 Å². The average Bonchev–Trinajstić information content (AvgIpc) is 2.58. The molecule has 0 atom stereocenters. The standard InChI is InChI=1S/C16H13BrCl2N2O5S/c17-10-6-12(18)16(13(19)7-10)27(24,25)20-8-15(23)26-9-14(22)21-11-4-2-1-3-5-11/h1-7,20H,8-9H2,(H,21,22).